The van der Waals surface area contributed by atoms with Crippen molar-refractivity contribution in [3.8, 4) is 0 Å². The molecule has 0 N–H and O–H groups in total. The van der Waals surface area contributed by atoms with Crippen molar-refractivity contribution < 1.29 is 0 Å². The van der Waals surface area contributed by atoms with Crippen molar-refractivity contribution in [2.75, 3.05) is 0 Å². The summed E-state index contributed by atoms with van der Waals surface area (Å²) in [4.78, 5) is 24.0. The van der Waals surface area contributed by atoms with Gasteiger partial charge >= 0.3 is 5.69 Å². The van der Waals surface area contributed by atoms with E-state index in [1.165, 1.54) is 11.3 Å². The molecule has 0 fully saturated rings. The van der Waals surface area contributed by atoms with Crippen LogP contribution in [-0.4, -0.2) is 21.2 Å². The average Bonchev–Trinajstić information content (AvgIpc) is 2.36. The molecule has 2 rings (SSSR count). The van der Waals surface area contributed by atoms with Gasteiger partial charge in [-0.3, -0.25) is 4.99 Å². The Kier molecular flexibility index (Phi) is 4.52. The molecule has 21 heavy (non-hydrogen) atoms. The minimum Gasteiger partial charge on any atom is -0.283 e. The van der Waals surface area contributed by atoms with Gasteiger partial charge in [0.25, 0.3) is 0 Å². The molecule has 0 saturated carbocycles. The minimum atomic E-state index is -0.449. The van der Waals surface area contributed by atoms with Gasteiger partial charge in [-0.25, -0.2) is 4.79 Å². The van der Waals surface area contributed by atoms with Gasteiger partial charge in [-0.05, 0) is 26.7 Å². The van der Waals surface area contributed by atoms with E-state index in [2.05, 4.69) is 50.7 Å². The topological polar surface area (TPSA) is 55.2 Å². The van der Waals surface area contributed by atoms with Crippen molar-refractivity contribution in [3.05, 3.63) is 39.2 Å². The Bertz CT molecular complexity index is 663. The van der Waals surface area contributed by atoms with Crippen LogP contribution >= 0.6 is 11.3 Å². The Balaban J connectivity index is 2.56. The molecule has 0 saturated heterocycles. The monoisotopic (exact) mass is 303 g/mol. The molecule has 112 valence electrons. The zero-order valence-corrected chi connectivity index (χ0v) is 13.9. The van der Waals surface area contributed by atoms with E-state index in [0.717, 1.165) is 11.3 Å². The van der Waals surface area contributed by atoms with Crippen LogP contribution in [0.2, 0.25) is 0 Å². The van der Waals surface area contributed by atoms with Gasteiger partial charge in [0.1, 0.15) is 5.01 Å². The third kappa shape index (κ3) is 3.94. The lowest BCUT2D eigenvalue weighted by Crippen LogP contribution is -2.26. The molecule has 4 nitrogen and oxygen atoms in total. The molecule has 0 bridgehead atoms. The normalized spacial score (nSPS) is 21.0. The Morgan fingerprint density at radius 3 is 2.62 bits per heavy atom. The molecular weight excluding hydrogens is 282 g/mol. The number of rotatable bonds is 2. The third-order valence-corrected chi connectivity index (χ3v) is 3.85. The molecule has 0 spiro atoms. The van der Waals surface area contributed by atoms with E-state index in [0.29, 0.717) is 10.9 Å². The van der Waals surface area contributed by atoms with E-state index in [1.54, 1.807) is 5.51 Å². The zero-order chi connectivity index (χ0) is 15.6. The number of nitrogens with zero attached hydrogens (tertiary/aromatic N) is 3. The molecule has 0 amide bonds. The van der Waals surface area contributed by atoms with E-state index >= 15 is 0 Å². The summed E-state index contributed by atoms with van der Waals surface area (Å²) >= 11 is 1.37. The molecule has 1 unspecified atom stereocenters. The molecule has 1 atom stereocenters. The Morgan fingerprint density at radius 2 is 2.05 bits per heavy atom. The van der Waals surface area contributed by atoms with Gasteiger partial charge in [0.15, 0.2) is 0 Å². The Hall–Kier alpha value is -1.62. The van der Waals surface area contributed by atoms with Gasteiger partial charge < -0.3 is 0 Å². The number of hydrogen-bond acceptors (Lipinski definition) is 5. The van der Waals surface area contributed by atoms with Crippen molar-refractivity contribution in [2.24, 2.45) is 16.8 Å². The van der Waals surface area contributed by atoms with E-state index < -0.39 is 5.69 Å². The van der Waals surface area contributed by atoms with Crippen molar-refractivity contribution in [1.82, 2.24) is 9.97 Å². The lowest BCUT2D eigenvalue weighted by atomic mass is 9.83. The summed E-state index contributed by atoms with van der Waals surface area (Å²) in [6.07, 6.45) is 6.19. The molecule has 0 aliphatic heterocycles. The smallest absolute Gasteiger partial charge is 0.283 e. The fourth-order valence-corrected chi connectivity index (χ4v) is 2.90. The summed E-state index contributed by atoms with van der Waals surface area (Å²) in [6.45, 7) is 10.6. The fraction of sp³-hybridized carbons (Fsp3) is 0.500. The van der Waals surface area contributed by atoms with E-state index in [9.17, 15) is 4.79 Å². The van der Waals surface area contributed by atoms with Gasteiger partial charge in [0.05, 0.1) is 16.8 Å². The van der Waals surface area contributed by atoms with E-state index in [-0.39, 0.29) is 11.5 Å². The van der Waals surface area contributed by atoms with Crippen molar-refractivity contribution in [3.63, 3.8) is 0 Å². The molecule has 1 aromatic heterocycles. The van der Waals surface area contributed by atoms with Gasteiger partial charge in [0.2, 0.25) is 0 Å². The van der Waals surface area contributed by atoms with E-state index in [1.807, 2.05) is 12.2 Å². The van der Waals surface area contributed by atoms with Crippen LogP contribution in [0, 0.1) is 11.8 Å². The maximum absolute atomic E-state index is 11.4. The third-order valence-electron chi connectivity index (χ3n) is 3.10. The van der Waals surface area contributed by atoms with Crippen molar-refractivity contribution in [2.45, 2.75) is 40.2 Å². The van der Waals surface area contributed by atoms with Crippen LogP contribution in [0.15, 0.2) is 33.5 Å². The molecule has 1 aliphatic carbocycles. The van der Waals surface area contributed by atoms with Crippen LogP contribution in [-0.2, 0) is 0 Å². The zero-order valence-electron chi connectivity index (χ0n) is 13.1. The highest BCUT2D eigenvalue weighted by atomic mass is 32.1. The summed E-state index contributed by atoms with van der Waals surface area (Å²) in [6, 6.07) is 0. The largest absolute Gasteiger partial charge is 0.369 e. The summed E-state index contributed by atoms with van der Waals surface area (Å²) in [5.74, 6) is 0.672. The first kappa shape index (κ1) is 15.8. The number of aromatic nitrogens is 2. The number of aliphatic imine (C=N–C) groups is 1. The molecule has 0 aromatic carbocycles. The SMILES string of the molecule is CC(C)C1C=CC=C(c2nc(=O)ncs2)C1=NC(C)(C)C. The lowest BCUT2D eigenvalue weighted by Gasteiger charge is -2.27. The molecule has 5 heteroatoms. The number of hydrogen-bond donors (Lipinski definition) is 0. The molecule has 0 radical (unpaired) electrons. The fourth-order valence-electron chi connectivity index (χ4n) is 2.23. The first-order chi connectivity index (χ1) is 9.78. The second kappa shape index (κ2) is 6.02. The highest BCUT2D eigenvalue weighted by Gasteiger charge is 2.27. The maximum Gasteiger partial charge on any atom is 0.369 e. The summed E-state index contributed by atoms with van der Waals surface area (Å²) < 4.78 is 0. The predicted molar refractivity (Wildman–Crippen MR) is 88.8 cm³/mol. The minimum absolute atomic E-state index is 0.176. The molecule has 1 heterocycles. The second-order valence-electron chi connectivity index (χ2n) is 6.45. The lowest BCUT2D eigenvalue weighted by molar-refractivity contribution is 0.547. The van der Waals surface area contributed by atoms with Crippen molar-refractivity contribution in [1.29, 1.82) is 0 Å². The van der Waals surface area contributed by atoms with Gasteiger partial charge in [-0.15, -0.1) is 11.3 Å². The average molecular weight is 303 g/mol. The van der Waals surface area contributed by atoms with Crippen molar-refractivity contribution >= 4 is 22.6 Å². The van der Waals surface area contributed by atoms with Crippen LogP contribution in [0.4, 0.5) is 0 Å². The van der Waals surface area contributed by atoms with Gasteiger partial charge in [-0.1, -0.05) is 32.1 Å². The molecule has 1 aromatic rings. The maximum atomic E-state index is 11.4. The van der Waals surface area contributed by atoms with Crippen LogP contribution in [0.25, 0.3) is 5.57 Å². The summed E-state index contributed by atoms with van der Waals surface area (Å²) in [7, 11) is 0. The highest BCUT2D eigenvalue weighted by molar-refractivity contribution is 7.10. The first-order valence-corrected chi connectivity index (χ1v) is 7.97. The Labute approximate surface area is 129 Å². The summed E-state index contributed by atoms with van der Waals surface area (Å²) in [5, 5.41) is 0.688. The standard InChI is InChI=1S/C16H21N3OS/c1-10(2)11-7-6-8-12(13(11)19-16(3,4)5)14-18-15(20)17-9-21-14/h6-11H,1-5H3. The first-order valence-electron chi connectivity index (χ1n) is 7.09. The van der Waals surface area contributed by atoms with E-state index in [4.69, 9.17) is 4.99 Å². The molecular formula is C16H21N3OS. The van der Waals surface area contributed by atoms with Gasteiger partial charge in [0, 0.05) is 11.5 Å². The predicted octanol–water partition coefficient (Wildman–Crippen LogP) is 3.36. The van der Waals surface area contributed by atoms with Crippen LogP contribution in [0.1, 0.15) is 39.6 Å². The van der Waals surface area contributed by atoms with Crippen LogP contribution in [0.3, 0.4) is 0 Å². The Morgan fingerprint density at radius 1 is 1.33 bits per heavy atom. The number of allylic oxidation sites excluding steroid dienone is 4. The highest BCUT2D eigenvalue weighted by Crippen LogP contribution is 2.31. The molecule has 1 aliphatic rings. The van der Waals surface area contributed by atoms with Crippen LogP contribution < -0.4 is 5.69 Å². The van der Waals surface area contributed by atoms with Crippen LogP contribution in [0.5, 0.6) is 0 Å². The van der Waals surface area contributed by atoms with Gasteiger partial charge in [-0.2, -0.15) is 9.97 Å². The quantitative estimate of drug-likeness (QED) is 0.841. The second-order valence-corrected chi connectivity index (χ2v) is 7.29. The summed E-state index contributed by atoms with van der Waals surface area (Å²) in [5.41, 5.74) is 2.87.